The summed E-state index contributed by atoms with van der Waals surface area (Å²) in [5, 5.41) is 23.4. The molecule has 0 saturated carbocycles. The smallest absolute Gasteiger partial charge is 0.872 e. The first-order valence-corrected chi connectivity index (χ1v) is 11.5. The standard InChI is InChI=1S/2C15H8F4O2.Cu/c2*16-8-3-1-4-9(17)14(8)12(20)7-13(21)15-10(18)5-2-6-11(15)19;/h2*1-7,20H;/q;;+2/p-2/b2*12-7-;. The molecule has 4 aromatic carbocycles. The zero-order valence-corrected chi connectivity index (χ0v) is 22.0. The van der Waals surface area contributed by atoms with E-state index in [2.05, 4.69) is 0 Å². The van der Waals surface area contributed by atoms with Crippen LogP contribution >= 0.6 is 0 Å². The van der Waals surface area contributed by atoms with Crippen LogP contribution in [0.15, 0.2) is 84.9 Å². The maximum Gasteiger partial charge on any atom is 2.00 e. The van der Waals surface area contributed by atoms with E-state index in [9.17, 15) is 54.9 Å². The third-order valence-electron chi connectivity index (χ3n) is 5.36. The van der Waals surface area contributed by atoms with Crippen molar-refractivity contribution in [3.8, 4) is 0 Å². The fourth-order valence-corrected chi connectivity index (χ4v) is 3.46. The van der Waals surface area contributed by atoms with Gasteiger partial charge in [-0.15, -0.1) is 0 Å². The van der Waals surface area contributed by atoms with Crippen LogP contribution in [0.2, 0.25) is 0 Å². The third-order valence-corrected chi connectivity index (χ3v) is 5.36. The van der Waals surface area contributed by atoms with Gasteiger partial charge in [-0.25, -0.2) is 35.1 Å². The fraction of sp³-hybridized carbons (Fsp3) is 0. The number of allylic oxidation sites excluding steroid dienone is 2. The predicted molar refractivity (Wildman–Crippen MR) is 130 cm³/mol. The SMILES string of the molecule is O=C(/C=C(\[O-])c1c(F)cccc1F)c1c(F)cccc1F.O=C(/C=C(\[O-])c1c(F)cccc1F)c1c(F)cccc1F.[Cu+2]. The summed E-state index contributed by atoms with van der Waals surface area (Å²) in [5.41, 5.74) is -3.82. The zero-order valence-electron chi connectivity index (χ0n) is 21.0. The van der Waals surface area contributed by atoms with Crippen molar-refractivity contribution in [3.63, 3.8) is 0 Å². The predicted octanol–water partition coefficient (Wildman–Crippen LogP) is 5.65. The molecule has 0 aromatic heterocycles. The van der Waals surface area contributed by atoms with E-state index in [4.69, 9.17) is 0 Å². The largest absolute Gasteiger partial charge is 2.00 e. The van der Waals surface area contributed by atoms with E-state index in [0.29, 0.717) is 0 Å². The van der Waals surface area contributed by atoms with E-state index < -0.39 is 91.9 Å². The summed E-state index contributed by atoms with van der Waals surface area (Å²) in [6.07, 6.45) is 0.506. The van der Waals surface area contributed by atoms with E-state index in [0.717, 1.165) is 72.8 Å². The number of ketones is 2. The van der Waals surface area contributed by atoms with Crippen LogP contribution in [0.1, 0.15) is 31.8 Å². The topological polar surface area (TPSA) is 80.3 Å². The van der Waals surface area contributed by atoms with Crippen molar-refractivity contribution >= 4 is 23.1 Å². The minimum atomic E-state index is -1.31. The van der Waals surface area contributed by atoms with E-state index in [1.807, 2.05) is 0 Å². The fourth-order valence-electron chi connectivity index (χ4n) is 3.46. The van der Waals surface area contributed by atoms with Gasteiger partial charge in [0.15, 0.2) is 11.6 Å². The van der Waals surface area contributed by atoms with Gasteiger partial charge >= 0.3 is 17.1 Å². The van der Waals surface area contributed by atoms with Gasteiger partial charge < -0.3 is 10.2 Å². The minimum absolute atomic E-state index is 0. The third kappa shape index (κ3) is 8.18. The van der Waals surface area contributed by atoms with Crippen molar-refractivity contribution in [3.05, 3.63) is 154 Å². The van der Waals surface area contributed by atoms with Crippen LogP contribution in [0, 0.1) is 46.5 Å². The normalized spacial score (nSPS) is 11.3. The van der Waals surface area contributed by atoms with E-state index >= 15 is 0 Å². The molecule has 0 aliphatic carbocycles. The Hall–Kier alpha value is -4.74. The molecular formula is C30H14CuF8O4. The molecule has 4 rings (SSSR count). The molecule has 1 radical (unpaired) electrons. The monoisotopic (exact) mass is 653 g/mol. The first kappa shape index (κ1) is 34.5. The molecular weight excluding hydrogens is 640 g/mol. The molecule has 0 atom stereocenters. The summed E-state index contributed by atoms with van der Waals surface area (Å²) in [6.45, 7) is 0. The van der Waals surface area contributed by atoms with Gasteiger partial charge in [0.05, 0.1) is 11.1 Å². The molecule has 0 spiro atoms. The molecule has 0 heterocycles. The van der Waals surface area contributed by atoms with Gasteiger partial charge in [0, 0.05) is 11.1 Å². The number of carbonyl (C=O) groups is 2. The van der Waals surface area contributed by atoms with Crippen molar-refractivity contribution in [2.45, 2.75) is 0 Å². The van der Waals surface area contributed by atoms with Crippen molar-refractivity contribution in [1.82, 2.24) is 0 Å². The van der Waals surface area contributed by atoms with Crippen molar-refractivity contribution in [2.24, 2.45) is 0 Å². The Morgan fingerprint density at radius 3 is 0.814 bits per heavy atom. The number of rotatable bonds is 6. The Balaban J connectivity index is 0.000000293. The number of benzene rings is 4. The van der Waals surface area contributed by atoms with E-state index in [1.54, 1.807) is 0 Å². The van der Waals surface area contributed by atoms with Crippen LogP contribution in [-0.4, -0.2) is 11.6 Å². The minimum Gasteiger partial charge on any atom is -0.872 e. The van der Waals surface area contributed by atoms with Crippen molar-refractivity contribution < 1.29 is 72.0 Å². The maximum absolute atomic E-state index is 13.4. The van der Waals surface area contributed by atoms with E-state index in [-0.39, 0.29) is 29.2 Å². The van der Waals surface area contributed by atoms with Gasteiger partial charge in [-0.1, -0.05) is 35.8 Å². The molecule has 0 fully saturated rings. The molecule has 0 saturated heterocycles. The molecule has 0 amide bonds. The summed E-state index contributed by atoms with van der Waals surface area (Å²) in [5.74, 6) is -14.6. The van der Waals surface area contributed by atoms with Crippen LogP contribution in [0.25, 0.3) is 11.5 Å². The molecule has 4 nitrogen and oxygen atoms in total. The second-order valence-corrected chi connectivity index (χ2v) is 8.13. The first-order chi connectivity index (χ1) is 19.8. The Kier molecular flexibility index (Phi) is 12.0. The summed E-state index contributed by atoms with van der Waals surface area (Å²) in [6, 6.07) is 10.8. The summed E-state index contributed by atoms with van der Waals surface area (Å²) >= 11 is 0. The van der Waals surface area contributed by atoms with E-state index in [1.165, 1.54) is 0 Å². The molecule has 13 heteroatoms. The Labute approximate surface area is 248 Å². The second kappa shape index (κ2) is 14.9. The summed E-state index contributed by atoms with van der Waals surface area (Å²) in [4.78, 5) is 23.4. The van der Waals surface area contributed by atoms with Gasteiger partial charge in [0.1, 0.15) is 46.5 Å². The summed E-state index contributed by atoms with van der Waals surface area (Å²) < 4.78 is 107. The van der Waals surface area contributed by atoms with Crippen LogP contribution in [0.4, 0.5) is 35.1 Å². The van der Waals surface area contributed by atoms with Crippen LogP contribution in [0.5, 0.6) is 0 Å². The quantitative estimate of drug-likeness (QED) is 0.0886. The van der Waals surface area contributed by atoms with Crippen LogP contribution in [0.3, 0.4) is 0 Å². The molecule has 4 aromatic rings. The number of hydrogen-bond acceptors (Lipinski definition) is 4. The second-order valence-electron chi connectivity index (χ2n) is 8.13. The zero-order chi connectivity index (χ0) is 31.1. The van der Waals surface area contributed by atoms with Gasteiger partial charge in [0.25, 0.3) is 0 Å². The molecule has 0 bridgehead atoms. The average Bonchev–Trinajstić information content (AvgIpc) is 2.88. The van der Waals surface area contributed by atoms with Gasteiger partial charge in [-0.05, 0) is 60.7 Å². The van der Waals surface area contributed by atoms with Gasteiger partial charge in [-0.3, -0.25) is 9.59 Å². The molecule has 0 N–H and O–H groups in total. The molecule has 43 heavy (non-hydrogen) atoms. The van der Waals surface area contributed by atoms with Crippen LogP contribution in [-0.2, 0) is 17.1 Å². The van der Waals surface area contributed by atoms with Gasteiger partial charge in [0.2, 0.25) is 0 Å². The number of carbonyl (C=O) groups excluding carboxylic acids is 2. The van der Waals surface area contributed by atoms with Crippen molar-refractivity contribution in [2.75, 3.05) is 0 Å². The molecule has 225 valence electrons. The van der Waals surface area contributed by atoms with Crippen LogP contribution < -0.4 is 10.2 Å². The number of hydrogen-bond donors (Lipinski definition) is 0. The number of halogens is 8. The molecule has 0 aliphatic heterocycles. The first-order valence-electron chi connectivity index (χ1n) is 11.5. The maximum atomic E-state index is 13.4. The van der Waals surface area contributed by atoms with Gasteiger partial charge in [-0.2, -0.15) is 0 Å². The Bertz CT molecular complexity index is 1530. The Morgan fingerprint density at radius 2 is 0.605 bits per heavy atom. The summed E-state index contributed by atoms with van der Waals surface area (Å²) in [7, 11) is 0. The molecule has 0 aliphatic rings. The molecule has 0 unspecified atom stereocenters. The average molecular weight is 654 g/mol. The Morgan fingerprint density at radius 1 is 0.419 bits per heavy atom. The van der Waals surface area contributed by atoms with Crippen molar-refractivity contribution in [1.29, 1.82) is 0 Å².